The Hall–Kier alpha value is -3.76. The first-order valence-electron chi connectivity index (χ1n) is 8.81. The summed E-state index contributed by atoms with van der Waals surface area (Å²) in [5, 5.41) is 4.09. The third kappa shape index (κ3) is 3.20. The molecule has 0 aliphatic carbocycles. The molecule has 0 atom stereocenters. The number of hydrogen-bond acceptors (Lipinski definition) is 6. The summed E-state index contributed by atoms with van der Waals surface area (Å²) >= 11 is 0. The molecule has 3 heterocycles. The smallest absolute Gasteiger partial charge is 0.388 e. The van der Waals surface area contributed by atoms with Crippen molar-refractivity contribution < 1.29 is 8.81 Å². The lowest BCUT2D eigenvalue weighted by molar-refractivity contribution is 0.452. The molecule has 0 spiro atoms. The molecule has 0 N–H and O–H groups in total. The van der Waals surface area contributed by atoms with Crippen LogP contribution in [0, 0.1) is 5.82 Å². The van der Waals surface area contributed by atoms with Gasteiger partial charge in [0.05, 0.1) is 6.33 Å². The molecule has 3 aromatic heterocycles. The minimum atomic E-state index is -0.674. The zero-order valence-electron chi connectivity index (χ0n) is 15.7. The highest BCUT2D eigenvalue weighted by Crippen LogP contribution is 2.15. The summed E-state index contributed by atoms with van der Waals surface area (Å²) in [6, 6.07) is 5.39. The van der Waals surface area contributed by atoms with E-state index in [1.165, 1.54) is 35.2 Å². The lowest BCUT2D eigenvalue weighted by atomic mass is 10.2. The summed E-state index contributed by atoms with van der Waals surface area (Å²) in [4.78, 5) is 41.2. The molecule has 29 heavy (non-hydrogen) atoms. The Morgan fingerprint density at radius 2 is 1.79 bits per heavy atom. The van der Waals surface area contributed by atoms with Gasteiger partial charge in [0.15, 0.2) is 11.2 Å². The van der Waals surface area contributed by atoms with Crippen molar-refractivity contribution in [3.05, 3.63) is 67.8 Å². The van der Waals surface area contributed by atoms with Crippen molar-refractivity contribution >= 4 is 11.2 Å². The minimum absolute atomic E-state index is 0.0689. The number of benzene rings is 1. The zero-order valence-corrected chi connectivity index (χ0v) is 15.7. The highest BCUT2D eigenvalue weighted by atomic mass is 19.1. The largest absolute Gasteiger partial charge is 0.437 e. The van der Waals surface area contributed by atoms with Gasteiger partial charge < -0.3 is 8.98 Å². The Balaban J connectivity index is 1.56. The lowest BCUT2D eigenvalue weighted by Crippen LogP contribution is -2.40. The molecule has 0 saturated heterocycles. The number of hydrogen-bond donors (Lipinski definition) is 0. The fourth-order valence-electron chi connectivity index (χ4n) is 3.13. The van der Waals surface area contributed by atoms with E-state index in [1.807, 2.05) is 0 Å². The molecule has 0 radical (unpaired) electrons. The number of rotatable bonds is 5. The Bertz CT molecular complexity index is 1370. The second-order valence-corrected chi connectivity index (χ2v) is 6.58. The van der Waals surface area contributed by atoms with Gasteiger partial charge in [-0.1, -0.05) is 0 Å². The molecular formula is C18H17FN6O4. The van der Waals surface area contributed by atoms with Crippen LogP contribution in [0.1, 0.15) is 6.42 Å². The highest BCUT2D eigenvalue weighted by Gasteiger charge is 2.15. The van der Waals surface area contributed by atoms with E-state index in [0.29, 0.717) is 23.1 Å². The molecule has 150 valence electrons. The lowest BCUT2D eigenvalue weighted by Gasteiger charge is -2.08. The number of halogens is 1. The third-order valence-electron chi connectivity index (χ3n) is 4.65. The number of aromatic nitrogens is 6. The summed E-state index contributed by atoms with van der Waals surface area (Å²) in [5.41, 5.74) is 0.178. The van der Waals surface area contributed by atoms with Crippen LogP contribution in [0.4, 0.5) is 4.39 Å². The molecule has 0 aliphatic heterocycles. The van der Waals surface area contributed by atoms with E-state index < -0.39 is 22.8 Å². The summed E-state index contributed by atoms with van der Waals surface area (Å²) in [6.45, 7) is 0.236. The molecule has 4 rings (SSSR count). The van der Waals surface area contributed by atoms with Crippen molar-refractivity contribution in [1.29, 1.82) is 0 Å². The first-order chi connectivity index (χ1) is 13.9. The maximum Gasteiger partial charge on any atom is 0.437 e. The topological polar surface area (TPSA) is 110 Å². The van der Waals surface area contributed by atoms with Gasteiger partial charge in [-0.25, -0.2) is 19.0 Å². The molecule has 0 aliphatic rings. The summed E-state index contributed by atoms with van der Waals surface area (Å²) in [7, 11) is 3.22. The Morgan fingerprint density at radius 3 is 2.52 bits per heavy atom. The van der Waals surface area contributed by atoms with Crippen LogP contribution in [-0.2, 0) is 27.2 Å². The highest BCUT2D eigenvalue weighted by molar-refractivity contribution is 5.69. The Labute approximate surface area is 162 Å². The Morgan fingerprint density at radius 1 is 1.07 bits per heavy atom. The summed E-state index contributed by atoms with van der Waals surface area (Å²) < 4.78 is 23.2. The van der Waals surface area contributed by atoms with Gasteiger partial charge in [0, 0.05) is 32.7 Å². The fraction of sp³-hybridized carbons (Fsp3) is 0.278. The van der Waals surface area contributed by atoms with E-state index in [1.54, 1.807) is 18.7 Å². The van der Waals surface area contributed by atoms with Gasteiger partial charge in [-0.2, -0.15) is 4.68 Å². The van der Waals surface area contributed by atoms with Crippen LogP contribution in [0.25, 0.3) is 22.6 Å². The van der Waals surface area contributed by atoms with E-state index in [9.17, 15) is 18.8 Å². The first kappa shape index (κ1) is 18.6. The second kappa shape index (κ2) is 7.00. The van der Waals surface area contributed by atoms with Gasteiger partial charge in [-0.15, -0.1) is 5.10 Å². The maximum atomic E-state index is 13.0. The molecular weight excluding hydrogens is 383 g/mol. The second-order valence-electron chi connectivity index (χ2n) is 6.58. The van der Waals surface area contributed by atoms with Gasteiger partial charge in [0.1, 0.15) is 5.82 Å². The van der Waals surface area contributed by atoms with Crippen molar-refractivity contribution in [2.75, 3.05) is 0 Å². The monoisotopic (exact) mass is 400 g/mol. The van der Waals surface area contributed by atoms with Crippen LogP contribution in [0.15, 0.2) is 49.4 Å². The number of fused-ring (bicyclic) bond motifs is 1. The van der Waals surface area contributed by atoms with Crippen molar-refractivity contribution in [3.63, 3.8) is 0 Å². The SMILES string of the molecule is Cn1cnc2c1c(=O)n(CCCn1nc(-c3ccc(F)cc3)oc1=O)c(=O)n2C. The quantitative estimate of drug-likeness (QED) is 0.482. The van der Waals surface area contributed by atoms with Crippen LogP contribution in [0.3, 0.4) is 0 Å². The molecule has 0 saturated carbocycles. The van der Waals surface area contributed by atoms with Gasteiger partial charge >= 0.3 is 11.4 Å². The summed E-state index contributed by atoms with van der Waals surface area (Å²) in [6.07, 6.45) is 1.77. The molecule has 0 amide bonds. The average molecular weight is 400 g/mol. The van der Waals surface area contributed by atoms with Crippen molar-refractivity contribution in [2.45, 2.75) is 19.5 Å². The standard InChI is InChI=1S/C18H17FN6O4/c1-22-10-20-14-13(22)16(26)24(17(27)23(14)2)8-3-9-25-18(28)29-15(21-25)11-4-6-12(19)7-5-11/h4-7,10H,3,8-9H2,1-2H3. The number of nitrogens with zero attached hydrogens (tertiary/aromatic N) is 6. The van der Waals surface area contributed by atoms with E-state index >= 15 is 0 Å². The van der Waals surface area contributed by atoms with Crippen molar-refractivity contribution in [2.24, 2.45) is 14.1 Å². The van der Waals surface area contributed by atoms with Crippen molar-refractivity contribution in [1.82, 2.24) is 28.5 Å². The van der Waals surface area contributed by atoms with E-state index in [-0.39, 0.29) is 19.0 Å². The number of aryl methyl sites for hydroxylation is 3. The molecule has 4 aromatic rings. The normalized spacial score (nSPS) is 11.4. The average Bonchev–Trinajstić information content (AvgIpc) is 3.26. The zero-order chi connectivity index (χ0) is 20.7. The van der Waals surface area contributed by atoms with Crippen LogP contribution < -0.4 is 17.0 Å². The third-order valence-corrected chi connectivity index (χ3v) is 4.65. The number of imidazole rings is 1. The van der Waals surface area contributed by atoms with Crippen LogP contribution in [0.5, 0.6) is 0 Å². The first-order valence-corrected chi connectivity index (χ1v) is 8.81. The van der Waals surface area contributed by atoms with Crippen LogP contribution >= 0.6 is 0 Å². The van der Waals surface area contributed by atoms with Crippen molar-refractivity contribution in [3.8, 4) is 11.5 Å². The van der Waals surface area contributed by atoms with Gasteiger partial charge in [-0.05, 0) is 30.7 Å². The minimum Gasteiger partial charge on any atom is -0.388 e. The van der Waals surface area contributed by atoms with Gasteiger partial charge in [-0.3, -0.25) is 13.9 Å². The van der Waals surface area contributed by atoms with E-state index in [2.05, 4.69) is 10.1 Å². The van der Waals surface area contributed by atoms with E-state index in [4.69, 9.17) is 4.42 Å². The van der Waals surface area contributed by atoms with Crippen LogP contribution in [0.2, 0.25) is 0 Å². The Kier molecular flexibility index (Phi) is 4.49. The molecule has 0 unspecified atom stereocenters. The maximum absolute atomic E-state index is 13.0. The molecule has 0 fully saturated rings. The predicted octanol–water partition coefficient (Wildman–Crippen LogP) is 0.480. The molecule has 1 aromatic carbocycles. The van der Waals surface area contributed by atoms with Gasteiger partial charge in [0.25, 0.3) is 5.56 Å². The molecule has 0 bridgehead atoms. The summed E-state index contributed by atoms with van der Waals surface area (Å²) in [5.74, 6) is -1.01. The predicted molar refractivity (Wildman–Crippen MR) is 101 cm³/mol. The fourth-order valence-corrected chi connectivity index (χ4v) is 3.13. The van der Waals surface area contributed by atoms with Gasteiger partial charge in [0.2, 0.25) is 5.89 Å². The molecule has 10 nitrogen and oxygen atoms in total. The van der Waals surface area contributed by atoms with Crippen LogP contribution in [-0.4, -0.2) is 28.5 Å². The molecule has 11 heteroatoms. The van der Waals surface area contributed by atoms with E-state index in [0.717, 1.165) is 9.25 Å².